The number of hydrogen-bond donors (Lipinski definition) is 2. The minimum Gasteiger partial charge on any atom is -0.376 e. The molecule has 104 valence electrons. The summed E-state index contributed by atoms with van der Waals surface area (Å²) in [5, 5.41) is 6.90. The highest BCUT2D eigenvalue weighted by molar-refractivity contribution is 6.33. The number of anilines is 2. The van der Waals surface area contributed by atoms with Crippen molar-refractivity contribution in [3.8, 4) is 0 Å². The lowest BCUT2D eigenvalue weighted by molar-refractivity contribution is -0.114. The number of amides is 1. The van der Waals surface area contributed by atoms with Gasteiger partial charge in [-0.25, -0.2) is 0 Å². The lowest BCUT2D eigenvalue weighted by Crippen LogP contribution is -2.21. The zero-order valence-electron chi connectivity index (χ0n) is 10.9. The van der Waals surface area contributed by atoms with Crippen molar-refractivity contribution in [3.05, 3.63) is 58.1 Å². The van der Waals surface area contributed by atoms with Crippen LogP contribution < -0.4 is 10.6 Å². The van der Waals surface area contributed by atoms with Crippen LogP contribution in [0.2, 0.25) is 10.0 Å². The van der Waals surface area contributed by atoms with Crippen LogP contribution in [0.15, 0.2) is 42.5 Å². The van der Waals surface area contributed by atoms with E-state index in [1.165, 1.54) is 0 Å². The summed E-state index contributed by atoms with van der Waals surface area (Å²) in [5.41, 5.74) is 2.45. The minimum absolute atomic E-state index is 0.143. The molecule has 2 aromatic carbocycles. The second-order valence-corrected chi connectivity index (χ2v) is 5.24. The molecule has 3 nitrogen and oxygen atoms in total. The number of rotatable bonds is 4. The average Bonchev–Trinajstić information content (AvgIpc) is 2.40. The van der Waals surface area contributed by atoms with Crippen LogP contribution in [0.5, 0.6) is 0 Å². The summed E-state index contributed by atoms with van der Waals surface area (Å²) < 4.78 is 0. The third kappa shape index (κ3) is 4.15. The smallest absolute Gasteiger partial charge is 0.243 e. The Bertz CT molecular complexity index is 629. The van der Waals surface area contributed by atoms with E-state index >= 15 is 0 Å². The number of carbonyl (C=O) groups excluding carboxylic acids is 1. The van der Waals surface area contributed by atoms with E-state index in [2.05, 4.69) is 10.6 Å². The number of aryl methyl sites for hydroxylation is 1. The summed E-state index contributed by atoms with van der Waals surface area (Å²) in [6.07, 6.45) is 0. The van der Waals surface area contributed by atoms with Crippen molar-refractivity contribution >= 4 is 40.5 Å². The molecule has 0 atom stereocenters. The normalized spacial score (nSPS) is 10.2. The number of benzene rings is 2. The first-order valence-corrected chi connectivity index (χ1v) is 6.85. The van der Waals surface area contributed by atoms with Gasteiger partial charge in [-0.3, -0.25) is 4.79 Å². The molecule has 2 rings (SSSR count). The largest absolute Gasteiger partial charge is 0.376 e. The van der Waals surface area contributed by atoms with Gasteiger partial charge < -0.3 is 10.6 Å². The summed E-state index contributed by atoms with van der Waals surface area (Å²) in [4.78, 5) is 11.8. The van der Waals surface area contributed by atoms with E-state index in [4.69, 9.17) is 23.2 Å². The first-order valence-electron chi connectivity index (χ1n) is 6.10. The van der Waals surface area contributed by atoms with Gasteiger partial charge in [0, 0.05) is 10.7 Å². The van der Waals surface area contributed by atoms with Gasteiger partial charge in [-0.2, -0.15) is 0 Å². The molecule has 20 heavy (non-hydrogen) atoms. The summed E-state index contributed by atoms with van der Waals surface area (Å²) in [6.45, 7) is 2.09. The van der Waals surface area contributed by atoms with Crippen molar-refractivity contribution < 1.29 is 4.79 Å². The monoisotopic (exact) mass is 308 g/mol. The van der Waals surface area contributed by atoms with Gasteiger partial charge in [0.15, 0.2) is 0 Å². The van der Waals surface area contributed by atoms with E-state index in [0.29, 0.717) is 15.7 Å². The van der Waals surface area contributed by atoms with Crippen molar-refractivity contribution in [2.75, 3.05) is 17.2 Å². The number of hydrogen-bond acceptors (Lipinski definition) is 2. The second kappa shape index (κ2) is 6.64. The maximum Gasteiger partial charge on any atom is 0.243 e. The third-order valence-corrected chi connectivity index (χ3v) is 3.22. The molecule has 0 aliphatic carbocycles. The van der Waals surface area contributed by atoms with E-state index in [1.807, 2.05) is 31.2 Å². The molecule has 0 saturated heterocycles. The van der Waals surface area contributed by atoms with E-state index in [0.717, 1.165) is 11.3 Å². The fourth-order valence-electron chi connectivity index (χ4n) is 1.70. The van der Waals surface area contributed by atoms with Crippen LogP contribution in [0.1, 0.15) is 5.56 Å². The summed E-state index contributed by atoms with van der Waals surface area (Å²) >= 11 is 11.9. The van der Waals surface area contributed by atoms with Gasteiger partial charge in [-0.15, -0.1) is 0 Å². The van der Waals surface area contributed by atoms with Crippen LogP contribution in [0, 0.1) is 6.92 Å². The number of carbonyl (C=O) groups is 1. The van der Waals surface area contributed by atoms with Gasteiger partial charge in [0.05, 0.1) is 17.3 Å². The van der Waals surface area contributed by atoms with Gasteiger partial charge in [0.2, 0.25) is 5.91 Å². The molecule has 0 unspecified atom stereocenters. The quantitative estimate of drug-likeness (QED) is 0.881. The molecule has 0 aromatic heterocycles. The molecule has 0 saturated carbocycles. The van der Waals surface area contributed by atoms with Gasteiger partial charge in [-0.1, -0.05) is 35.3 Å². The zero-order valence-corrected chi connectivity index (χ0v) is 12.4. The van der Waals surface area contributed by atoms with Crippen LogP contribution in [-0.2, 0) is 4.79 Å². The average molecular weight is 309 g/mol. The molecule has 5 heteroatoms. The van der Waals surface area contributed by atoms with Crippen LogP contribution >= 0.6 is 23.2 Å². The fraction of sp³-hybridized carbons (Fsp3) is 0.133. The summed E-state index contributed by atoms with van der Waals surface area (Å²) in [7, 11) is 0. The van der Waals surface area contributed by atoms with Gasteiger partial charge in [0.25, 0.3) is 0 Å². The van der Waals surface area contributed by atoms with Crippen LogP contribution in [0.4, 0.5) is 11.4 Å². The highest BCUT2D eigenvalue weighted by Gasteiger charge is 2.06. The Hall–Kier alpha value is -1.71. The molecule has 0 aliphatic rings. The molecule has 2 aromatic rings. The van der Waals surface area contributed by atoms with Crippen LogP contribution in [0.3, 0.4) is 0 Å². The summed E-state index contributed by atoms with van der Waals surface area (Å²) in [5.74, 6) is -0.171. The van der Waals surface area contributed by atoms with Gasteiger partial charge in [-0.05, 0) is 42.8 Å². The maximum atomic E-state index is 11.8. The Kier molecular flexibility index (Phi) is 4.88. The summed E-state index contributed by atoms with van der Waals surface area (Å²) in [6, 6.07) is 12.7. The Labute approximate surface area is 127 Å². The van der Waals surface area contributed by atoms with Gasteiger partial charge >= 0.3 is 0 Å². The Morgan fingerprint density at radius 2 is 1.95 bits per heavy atom. The van der Waals surface area contributed by atoms with Crippen LogP contribution in [0.25, 0.3) is 0 Å². The molecule has 0 aliphatic heterocycles. The molecule has 0 spiro atoms. The van der Waals surface area contributed by atoms with Crippen molar-refractivity contribution in [1.29, 1.82) is 0 Å². The lowest BCUT2D eigenvalue weighted by atomic mass is 10.2. The molecule has 0 fully saturated rings. The fourth-order valence-corrected chi connectivity index (χ4v) is 2.17. The maximum absolute atomic E-state index is 11.8. The van der Waals surface area contributed by atoms with Gasteiger partial charge in [0.1, 0.15) is 0 Å². The minimum atomic E-state index is -0.171. The third-order valence-electron chi connectivity index (χ3n) is 2.68. The van der Waals surface area contributed by atoms with Crippen molar-refractivity contribution in [1.82, 2.24) is 0 Å². The molecular weight excluding hydrogens is 295 g/mol. The highest BCUT2D eigenvalue weighted by Crippen LogP contribution is 2.22. The first kappa shape index (κ1) is 14.7. The van der Waals surface area contributed by atoms with E-state index in [-0.39, 0.29) is 12.5 Å². The second-order valence-electron chi connectivity index (χ2n) is 4.40. The van der Waals surface area contributed by atoms with E-state index in [1.54, 1.807) is 18.2 Å². The number of halogens is 2. The molecule has 2 N–H and O–H groups in total. The molecule has 0 heterocycles. The van der Waals surface area contributed by atoms with E-state index < -0.39 is 0 Å². The lowest BCUT2D eigenvalue weighted by Gasteiger charge is -2.09. The van der Waals surface area contributed by atoms with Crippen molar-refractivity contribution in [2.45, 2.75) is 6.92 Å². The standard InChI is InChI=1S/C15H14Cl2N2O/c1-10-5-6-14(13(17)7-10)19-15(20)9-18-12-4-2-3-11(16)8-12/h2-8,18H,9H2,1H3,(H,19,20). The SMILES string of the molecule is Cc1ccc(NC(=O)CNc2cccc(Cl)c2)c(Cl)c1. The zero-order chi connectivity index (χ0) is 14.5. The molecule has 1 amide bonds. The molecule has 0 bridgehead atoms. The Morgan fingerprint density at radius 3 is 2.65 bits per heavy atom. The number of nitrogens with one attached hydrogen (secondary N) is 2. The predicted molar refractivity (Wildman–Crippen MR) is 84.8 cm³/mol. The molecule has 0 radical (unpaired) electrons. The topological polar surface area (TPSA) is 41.1 Å². The Balaban J connectivity index is 1.92. The molecular formula is C15H14Cl2N2O. The highest BCUT2D eigenvalue weighted by atomic mass is 35.5. The predicted octanol–water partition coefficient (Wildman–Crippen LogP) is 4.35. The first-order chi connectivity index (χ1) is 9.54. The Morgan fingerprint density at radius 1 is 1.15 bits per heavy atom. The van der Waals surface area contributed by atoms with Crippen LogP contribution in [-0.4, -0.2) is 12.5 Å². The van der Waals surface area contributed by atoms with E-state index in [9.17, 15) is 4.79 Å². The van der Waals surface area contributed by atoms with Crippen molar-refractivity contribution in [3.63, 3.8) is 0 Å². The van der Waals surface area contributed by atoms with Crippen molar-refractivity contribution in [2.24, 2.45) is 0 Å².